The predicted molar refractivity (Wildman–Crippen MR) is 83.0 cm³/mol. The Morgan fingerprint density at radius 2 is 2.20 bits per heavy atom. The first-order valence-electron chi connectivity index (χ1n) is 7.59. The standard InChI is InChI=1S/C17H24N2O/c1-13-5-3-6-16-14(11-18-15-7-8-15)12-19(17(13)16)9-4-10-20-2/h3,5-6,12,15,18H,4,7-11H2,1-2H3. The highest BCUT2D eigenvalue weighted by molar-refractivity contribution is 5.86. The molecule has 1 aliphatic carbocycles. The number of rotatable bonds is 7. The van der Waals surface area contributed by atoms with E-state index in [0.717, 1.165) is 32.2 Å². The van der Waals surface area contributed by atoms with Crippen LogP contribution in [0.15, 0.2) is 24.4 Å². The molecule has 1 saturated carbocycles. The van der Waals surface area contributed by atoms with E-state index in [-0.39, 0.29) is 0 Å². The van der Waals surface area contributed by atoms with Gasteiger partial charge in [0.15, 0.2) is 0 Å². The fourth-order valence-electron chi connectivity index (χ4n) is 2.86. The SMILES string of the molecule is COCCCn1cc(CNC2CC2)c2cccc(C)c21. The summed E-state index contributed by atoms with van der Waals surface area (Å²) in [6.07, 6.45) is 6.06. The van der Waals surface area contributed by atoms with E-state index in [1.807, 2.05) is 0 Å². The van der Waals surface area contributed by atoms with E-state index in [4.69, 9.17) is 4.74 Å². The zero-order valence-corrected chi connectivity index (χ0v) is 12.5. The molecule has 3 nitrogen and oxygen atoms in total. The molecule has 20 heavy (non-hydrogen) atoms. The summed E-state index contributed by atoms with van der Waals surface area (Å²) in [5.74, 6) is 0. The first kappa shape index (κ1) is 13.7. The maximum atomic E-state index is 5.17. The third-order valence-corrected chi connectivity index (χ3v) is 4.09. The lowest BCUT2D eigenvalue weighted by Crippen LogP contribution is -2.14. The lowest BCUT2D eigenvalue weighted by molar-refractivity contribution is 0.190. The number of hydrogen-bond acceptors (Lipinski definition) is 2. The van der Waals surface area contributed by atoms with Crippen molar-refractivity contribution in [2.45, 2.75) is 45.3 Å². The van der Waals surface area contributed by atoms with E-state index >= 15 is 0 Å². The van der Waals surface area contributed by atoms with Gasteiger partial charge < -0.3 is 14.6 Å². The fourth-order valence-corrected chi connectivity index (χ4v) is 2.86. The Kier molecular flexibility index (Phi) is 4.08. The van der Waals surface area contributed by atoms with E-state index < -0.39 is 0 Å². The Morgan fingerprint density at radius 3 is 2.95 bits per heavy atom. The van der Waals surface area contributed by atoms with Gasteiger partial charge in [-0.05, 0) is 37.3 Å². The molecule has 108 valence electrons. The first-order valence-corrected chi connectivity index (χ1v) is 7.59. The van der Waals surface area contributed by atoms with E-state index in [0.29, 0.717) is 0 Å². The molecule has 0 spiro atoms. The van der Waals surface area contributed by atoms with Gasteiger partial charge in [-0.1, -0.05) is 18.2 Å². The third kappa shape index (κ3) is 2.89. The lowest BCUT2D eigenvalue weighted by atomic mass is 10.1. The van der Waals surface area contributed by atoms with Gasteiger partial charge in [0.1, 0.15) is 0 Å². The molecule has 0 aliphatic heterocycles. The highest BCUT2D eigenvalue weighted by Gasteiger charge is 2.21. The number of hydrogen-bond donors (Lipinski definition) is 1. The van der Waals surface area contributed by atoms with Gasteiger partial charge in [-0.25, -0.2) is 0 Å². The molecule has 0 unspecified atom stereocenters. The Hall–Kier alpha value is -1.32. The van der Waals surface area contributed by atoms with Gasteiger partial charge >= 0.3 is 0 Å². The zero-order valence-electron chi connectivity index (χ0n) is 12.5. The van der Waals surface area contributed by atoms with Crippen LogP contribution in [0.1, 0.15) is 30.4 Å². The summed E-state index contributed by atoms with van der Waals surface area (Å²) in [6, 6.07) is 7.37. The number of methoxy groups -OCH3 is 1. The first-order chi connectivity index (χ1) is 9.79. The molecule has 2 aromatic rings. The van der Waals surface area contributed by atoms with Gasteiger partial charge in [-0.2, -0.15) is 0 Å². The molecule has 1 N–H and O–H groups in total. The second-order valence-corrected chi connectivity index (χ2v) is 5.82. The van der Waals surface area contributed by atoms with Crippen LogP contribution < -0.4 is 5.32 Å². The fraction of sp³-hybridized carbons (Fsp3) is 0.529. The quantitative estimate of drug-likeness (QED) is 0.783. The summed E-state index contributed by atoms with van der Waals surface area (Å²) in [7, 11) is 1.77. The van der Waals surface area contributed by atoms with Gasteiger partial charge in [0, 0.05) is 44.4 Å². The van der Waals surface area contributed by atoms with Crippen molar-refractivity contribution < 1.29 is 4.74 Å². The predicted octanol–water partition coefficient (Wildman–Crippen LogP) is 3.24. The molecule has 0 radical (unpaired) electrons. The normalized spacial score (nSPS) is 15.1. The second kappa shape index (κ2) is 5.98. The van der Waals surface area contributed by atoms with Crippen molar-refractivity contribution in [2.24, 2.45) is 0 Å². The largest absolute Gasteiger partial charge is 0.385 e. The summed E-state index contributed by atoms with van der Waals surface area (Å²) < 4.78 is 7.57. The summed E-state index contributed by atoms with van der Waals surface area (Å²) in [4.78, 5) is 0. The van der Waals surface area contributed by atoms with E-state index in [2.05, 4.69) is 41.2 Å². The minimum absolute atomic E-state index is 0.756. The molecule has 1 aromatic heterocycles. The van der Waals surface area contributed by atoms with Crippen LogP contribution in [0.3, 0.4) is 0 Å². The third-order valence-electron chi connectivity index (χ3n) is 4.09. The van der Waals surface area contributed by atoms with Crippen molar-refractivity contribution in [2.75, 3.05) is 13.7 Å². The minimum Gasteiger partial charge on any atom is -0.385 e. The molecular formula is C17H24N2O. The number of nitrogens with zero attached hydrogens (tertiary/aromatic N) is 1. The zero-order chi connectivity index (χ0) is 13.9. The molecule has 0 saturated heterocycles. The van der Waals surface area contributed by atoms with Crippen molar-refractivity contribution in [3.05, 3.63) is 35.5 Å². The molecule has 0 atom stereocenters. The molecule has 3 heteroatoms. The highest BCUT2D eigenvalue weighted by Crippen LogP contribution is 2.26. The van der Waals surface area contributed by atoms with Crippen LogP contribution in [0.2, 0.25) is 0 Å². The van der Waals surface area contributed by atoms with Gasteiger partial charge in [0.25, 0.3) is 0 Å². The summed E-state index contributed by atoms with van der Waals surface area (Å²) >= 11 is 0. The number of aromatic nitrogens is 1. The van der Waals surface area contributed by atoms with Crippen molar-refractivity contribution in [3.63, 3.8) is 0 Å². The highest BCUT2D eigenvalue weighted by atomic mass is 16.5. The van der Waals surface area contributed by atoms with Crippen LogP contribution in [-0.2, 0) is 17.8 Å². The van der Waals surface area contributed by atoms with Crippen molar-refractivity contribution in [1.29, 1.82) is 0 Å². The van der Waals surface area contributed by atoms with Gasteiger partial charge in [-0.15, -0.1) is 0 Å². The van der Waals surface area contributed by atoms with Crippen LogP contribution >= 0.6 is 0 Å². The van der Waals surface area contributed by atoms with E-state index in [1.54, 1.807) is 7.11 Å². The average Bonchev–Trinajstić information content (AvgIpc) is 3.20. The number of aryl methyl sites for hydroxylation is 2. The number of ether oxygens (including phenoxy) is 1. The Morgan fingerprint density at radius 1 is 1.35 bits per heavy atom. The van der Waals surface area contributed by atoms with E-state index in [1.165, 1.54) is 34.9 Å². The average molecular weight is 272 g/mol. The summed E-state index contributed by atoms with van der Waals surface area (Å²) in [5.41, 5.74) is 4.17. The molecule has 0 bridgehead atoms. The number of nitrogens with one attached hydrogen (secondary N) is 1. The maximum Gasteiger partial charge on any atom is 0.0513 e. The number of fused-ring (bicyclic) bond motifs is 1. The van der Waals surface area contributed by atoms with Gasteiger partial charge in [0.05, 0.1) is 5.52 Å². The minimum atomic E-state index is 0.756. The molecule has 0 amide bonds. The van der Waals surface area contributed by atoms with Crippen molar-refractivity contribution in [3.8, 4) is 0 Å². The van der Waals surface area contributed by atoms with Crippen LogP contribution in [0.25, 0.3) is 10.9 Å². The second-order valence-electron chi connectivity index (χ2n) is 5.82. The molecule has 1 heterocycles. The van der Waals surface area contributed by atoms with Crippen LogP contribution in [0, 0.1) is 6.92 Å². The monoisotopic (exact) mass is 272 g/mol. The van der Waals surface area contributed by atoms with Crippen LogP contribution in [0.4, 0.5) is 0 Å². The topological polar surface area (TPSA) is 26.2 Å². The lowest BCUT2D eigenvalue weighted by Gasteiger charge is -2.06. The smallest absolute Gasteiger partial charge is 0.0513 e. The van der Waals surface area contributed by atoms with Crippen LogP contribution in [-0.4, -0.2) is 24.3 Å². The number of benzene rings is 1. The molecule has 1 aliphatic rings. The van der Waals surface area contributed by atoms with Gasteiger partial charge in [0.2, 0.25) is 0 Å². The molecular weight excluding hydrogens is 248 g/mol. The van der Waals surface area contributed by atoms with E-state index in [9.17, 15) is 0 Å². The Balaban J connectivity index is 1.87. The molecule has 1 fully saturated rings. The van der Waals surface area contributed by atoms with Crippen molar-refractivity contribution in [1.82, 2.24) is 9.88 Å². The Bertz CT molecular complexity index is 584. The van der Waals surface area contributed by atoms with Gasteiger partial charge in [-0.3, -0.25) is 0 Å². The van der Waals surface area contributed by atoms with Crippen LogP contribution in [0.5, 0.6) is 0 Å². The summed E-state index contributed by atoms with van der Waals surface area (Å²) in [6.45, 7) is 5.04. The summed E-state index contributed by atoms with van der Waals surface area (Å²) in [5, 5.41) is 5.03. The maximum absolute atomic E-state index is 5.17. The Labute approximate surface area is 120 Å². The number of para-hydroxylation sites is 1. The van der Waals surface area contributed by atoms with Crippen molar-refractivity contribution >= 4 is 10.9 Å². The molecule has 1 aromatic carbocycles. The molecule has 3 rings (SSSR count).